The van der Waals surface area contributed by atoms with Gasteiger partial charge in [0.25, 0.3) is 5.60 Å². The van der Waals surface area contributed by atoms with Gasteiger partial charge in [-0.15, -0.1) is 0 Å². The predicted molar refractivity (Wildman–Crippen MR) is 123 cm³/mol. The molecule has 0 atom stereocenters. The number of rotatable bonds is 5. The smallest absolute Gasteiger partial charge is 0.379 e. The molecular weight excluding hydrogens is 560 g/mol. The van der Waals surface area contributed by atoms with Crippen LogP contribution < -0.4 is 10.6 Å². The first kappa shape index (κ1) is 28.4. The van der Waals surface area contributed by atoms with Crippen molar-refractivity contribution >= 4 is 50.3 Å². The number of aliphatic hydroxyl groups is 1. The van der Waals surface area contributed by atoms with E-state index in [4.69, 9.17) is 28.6 Å². The molecule has 1 fully saturated rings. The standard InChI is InChI=1S/C20H18ClF6N3O4S2/c21-15-6-5-14(36(32,33)30-7-9-34-10-8-30)11-16(15)29-17(35)28-13-3-1-12(2-4-13)18(31,19(22,23)24)20(25,26)27/h1-6,11,31H,7-10H2,(H2,28,29,35). The first-order chi connectivity index (χ1) is 16.6. The zero-order valence-corrected chi connectivity index (χ0v) is 20.3. The molecule has 0 radical (unpaired) electrons. The van der Waals surface area contributed by atoms with Gasteiger partial charge in [0.05, 0.1) is 28.8 Å². The van der Waals surface area contributed by atoms with Gasteiger partial charge < -0.3 is 20.5 Å². The molecule has 1 aliphatic rings. The van der Waals surface area contributed by atoms with E-state index >= 15 is 0 Å². The van der Waals surface area contributed by atoms with E-state index in [9.17, 15) is 39.9 Å². The third-order valence-corrected chi connectivity index (χ3v) is 7.60. The van der Waals surface area contributed by atoms with Crippen LogP contribution in [-0.4, -0.2) is 61.6 Å². The SMILES string of the molecule is O=S(=O)(c1ccc(Cl)c(NC(=S)Nc2ccc(C(O)(C(F)(F)F)C(F)(F)F)cc2)c1)N1CCOCC1. The number of alkyl halides is 6. The molecule has 198 valence electrons. The number of morpholine rings is 1. The Labute approximate surface area is 212 Å². The number of hydrogen-bond acceptors (Lipinski definition) is 5. The molecule has 0 aromatic heterocycles. The number of hydrogen-bond donors (Lipinski definition) is 3. The molecule has 1 saturated heterocycles. The summed E-state index contributed by atoms with van der Waals surface area (Å²) in [4.78, 5) is -0.0814. The fourth-order valence-electron chi connectivity index (χ4n) is 3.26. The largest absolute Gasteiger partial charge is 0.430 e. The maximum atomic E-state index is 13.0. The summed E-state index contributed by atoms with van der Waals surface area (Å²) in [5.74, 6) is 0. The van der Waals surface area contributed by atoms with Gasteiger partial charge in [-0.2, -0.15) is 30.6 Å². The van der Waals surface area contributed by atoms with Crippen molar-refractivity contribution in [2.75, 3.05) is 36.9 Å². The van der Waals surface area contributed by atoms with Gasteiger partial charge in [-0.3, -0.25) is 0 Å². The Balaban J connectivity index is 1.77. The number of anilines is 2. The van der Waals surface area contributed by atoms with E-state index in [0.717, 1.165) is 12.1 Å². The number of thiocarbonyl (C=S) groups is 1. The third kappa shape index (κ3) is 5.70. The summed E-state index contributed by atoms with van der Waals surface area (Å²) < 4.78 is 110. The Kier molecular flexibility index (Phi) is 8.13. The fraction of sp³-hybridized carbons (Fsp3) is 0.350. The molecule has 0 unspecified atom stereocenters. The number of ether oxygens (including phenoxy) is 1. The van der Waals surface area contributed by atoms with Gasteiger partial charge >= 0.3 is 12.4 Å². The van der Waals surface area contributed by atoms with Crippen molar-refractivity contribution < 1.29 is 44.6 Å². The Hall–Kier alpha value is -2.17. The van der Waals surface area contributed by atoms with Gasteiger partial charge in [-0.05, 0) is 42.5 Å². The Morgan fingerprint density at radius 1 is 0.972 bits per heavy atom. The number of sulfonamides is 1. The number of benzene rings is 2. The summed E-state index contributed by atoms with van der Waals surface area (Å²) in [6.07, 6.45) is -12.0. The van der Waals surface area contributed by atoms with E-state index in [1.54, 1.807) is 0 Å². The average molecular weight is 578 g/mol. The zero-order chi connectivity index (χ0) is 26.9. The minimum Gasteiger partial charge on any atom is -0.379 e. The molecule has 1 heterocycles. The molecule has 2 aromatic carbocycles. The Morgan fingerprint density at radius 2 is 1.53 bits per heavy atom. The lowest BCUT2D eigenvalue weighted by Crippen LogP contribution is -2.53. The van der Waals surface area contributed by atoms with Crippen molar-refractivity contribution in [2.45, 2.75) is 22.8 Å². The molecule has 0 aliphatic carbocycles. The topological polar surface area (TPSA) is 90.9 Å². The fourth-order valence-corrected chi connectivity index (χ4v) is 5.09. The molecule has 2 aromatic rings. The lowest BCUT2D eigenvalue weighted by atomic mass is 9.92. The van der Waals surface area contributed by atoms with Crippen LogP contribution in [0.15, 0.2) is 47.4 Å². The van der Waals surface area contributed by atoms with Crippen LogP contribution in [0.5, 0.6) is 0 Å². The number of halogens is 7. The van der Waals surface area contributed by atoms with Crippen LogP contribution in [0.2, 0.25) is 5.02 Å². The van der Waals surface area contributed by atoms with Gasteiger partial charge in [-0.25, -0.2) is 8.42 Å². The minimum absolute atomic E-state index is 0.0174. The maximum absolute atomic E-state index is 13.0. The van der Waals surface area contributed by atoms with Crippen LogP contribution in [0.3, 0.4) is 0 Å². The second-order valence-electron chi connectivity index (χ2n) is 7.52. The molecule has 7 nitrogen and oxygen atoms in total. The van der Waals surface area contributed by atoms with Crippen molar-refractivity contribution in [3.63, 3.8) is 0 Å². The second-order valence-corrected chi connectivity index (χ2v) is 10.3. The molecule has 0 bridgehead atoms. The average Bonchev–Trinajstić information content (AvgIpc) is 2.79. The van der Waals surface area contributed by atoms with Crippen molar-refractivity contribution in [1.82, 2.24) is 4.31 Å². The summed E-state index contributed by atoms with van der Waals surface area (Å²) >= 11 is 11.2. The highest BCUT2D eigenvalue weighted by Crippen LogP contribution is 2.50. The summed E-state index contributed by atoms with van der Waals surface area (Å²) in [6, 6.07) is 6.47. The van der Waals surface area contributed by atoms with Crippen LogP contribution >= 0.6 is 23.8 Å². The normalized spacial score (nSPS) is 16.0. The number of nitrogens with zero attached hydrogens (tertiary/aromatic N) is 1. The summed E-state index contributed by atoms with van der Waals surface area (Å²) in [5.41, 5.74) is -6.42. The van der Waals surface area contributed by atoms with Crippen molar-refractivity contribution in [2.24, 2.45) is 0 Å². The minimum atomic E-state index is -6.01. The van der Waals surface area contributed by atoms with E-state index in [1.165, 1.54) is 22.5 Å². The van der Waals surface area contributed by atoms with E-state index in [0.29, 0.717) is 12.1 Å². The van der Waals surface area contributed by atoms with Crippen LogP contribution in [0.25, 0.3) is 0 Å². The van der Waals surface area contributed by atoms with Gasteiger partial charge in [0.1, 0.15) is 0 Å². The summed E-state index contributed by atoms with van der Waals surface area (Å²) in [6.45, 7) is 0.825. The second kappa shape index (κ2) is 10.3. The van der Waals surface area contributed by atoms with Crippen molar-refractivity contribution in [1.29, 1.82) is 0 Å². The van der Waals surface area contributed by atoms with E-state index in [1.807, 2.05) is 0 Å². The van der Waals surface area contributed by atoms with Gasteiger partial charge in [0.2, 0.25) is 10.0 Å². The molecular formula is C20H18ClF6N3O4S2. The Morgan fingerprint density at radius 3 is 2.06 bits per heavy atom. The molecule has 0 saturated carbocycles. The van der Waals surface area contributed by atoms with Crippen molar-refractivity contribution in [3.05, 3.63) is 53.1 Å². The van der Waals surface area contributed by atoms with Crippen LogP contribution in [0.4, 0.5) is 37.7 Å². The molecule has 3 N–H and O–H groups in total. The van der Waals surface area contributed by atoms with E-state index in [-0.39, 0.29) is 52.7 Å². The quantitative estimate of drug-likeness (QED) is 0.357. The van der Waals surface area contributed by atoms with Gasteiger partial charge in [0, 0.05) is 24.3 Å². The van der Waals surface area contributed by atoms with E-state index in [2.05, 4.69) is 10.6 Å². The first-order valence-electron chi connectivity index (χ1n) is 9.99. The summed E-state index contributed by atoms with van der Waals surface area (Å²) in [7, 11) is -3.86. The molecule has 0 spiro atoms. The molecule has 3 rings (SSSR count). The zero-order valence-electron chi connectivity index (χ0n) is 18.0. The Bertz CT molecular complexity index is 1200. The molecule has 0 amide bonds. The highest BCUT2D eigenvalue weighted by molar-refractivity contribution is 7.89. The first-order valence-corrected chi connectivity index (χ1v) is 12.2. The maximum Gasteiger partial charge on any atom is 0.430 e. The van der Waals surface area contributed by atoms with Crippen LogP contribution in [-0.2, 0) is 20.4 Å². The van der Waals surface area contributed by atoms with E-state index < -0.39 is 33.5 Å². The van der Waals surface area contributed by atoms with Crippen molar-refractivity contribution in [3.8, 4) is 0 Å². The third-order valence-electron chi connectivity index (χ3n) is 5.17. The van der Waals surface area contributed by atoms with Crippen LogP contribution in [0.1, 0.15) is 5.56 Å². The van der Waals surface area contributed by atoms with Gasteiger partial charge in [0.15, 0.2) is 5.11 Å². The molecule has 1 aliphatic heterocycles. The van der Waals surface area contributed by atoms with Crippen LogP contribution in [0, 0.1) is 0 Å². The predicted octanol–water partition coefficient (Wildman–Crippen LogP) is 4.48. The monoisotopic (exact) mass is 577 g/mol. The number of nitrogens with one attached hydrogen (secondary N) is 2. The lowest BCUT2D eigenvalue weighted by Gasteiger charge is -2.32. The highest BCUT2D eigenvalue weighted by Gasteiger charge is 2.71. The molecule has 16 heteroatoms. The highest BCUT2D eigenvalue weighted by atomic mass is 35.5. The molecule has 36 heavy (non-hydrogen) atoms. The van der Waals surface area contributed by atoms with Gasteiger partial charge in [-0.1, -0.05) is 23.7 Å². The summed E-state index contributed by atoms with van der Waals surface area (Å²) in [5, 5.41) is 14.5. The lowest BCUT2D eigenvalue weighted by molar-refractivity contribution is -0.376.